The highest BCUT2D eigenvalue weighted by atomic mass is 32.2. The monoisotopic (exact) mass is 368 g/mol. The standard InChI is InChI=1S/C18H25FN2O3S/c19-16-10-4-5-11-17(16)25(23,24)21-12-6-7-14(13-21)18(22)20-15-8-2-1-3-9-15/h4-5,10-11,14-15H,1-3,6-9,12-13H2,(H,20,22). The van der Waals surface area contributed by atoms with Gasteiger partial charge in [-0.05, 0) is 37.8 Å². The first-order chi connectivity index (χ1) is 12.0. The van der Waals surface area contributed by atoms with Crippen molar-refractivity contribution in [2.75, 3.05) is 13.1 Å². The first-order valence-corrected chi connectivity index (χ1v) is 10.5. The van der Waals surface area contributed by atoms with E-state index in [9.17, 15) is 17.6 Å². The van der Waals surface area contributed by atoms with Gasteiger partial charge in [-0.25, -0.2) is 12.8 Å². The number of rotatable bonds is 4. The summed E-state index contributed by atoms with van der Waals surface area (Å²) in [5.74, 6) is -1.19. The smallest absolute Gasteiger partial charge is 0.246 e. The van der Waals surface area contributed by atoms with Crippen molar-refractivity contribution in [1.29, 1.82) is 0 Å². The summed E-state index contributed by atoms with van der Waals surface area (Å²) in [5.41, 5.74) is 0. The van der Waals surface area contributed by atoms with Gasteiger partial charge in [-0.3, -0.25) is 4.79 Å². The molecule has 7 heteroatoms. The van der Waals surface area contributed by atoms with Crippen LogP contribution in [0.3, 0.4) is 0 Å². The highest BCUT2D eigenvalue weighted by Gasteiger charge is 2.35. The molecule has 25 heavy (non-hydrogen) atoms. The van der Waals surface area contributed by atoms with Gasteiger partial charge in [0.2, 0.25) is 15.9 Å². The summed E-state index contributed by atoms with van der Waals surface area (Å²) in [4.78, 5) is 12.2. The molecule has 3 rings (SSSR count). The van der Waals surface area contributed by atoms with Crippen LogP contribution in [0.1, 0.15) is 44.9 Å². The molecule has 1 amide bonds. The summed E-state index contributed by atoms with van der Waals surface area (Å²) in [6, 6.07) is 5.60. The summed E-state index contributed by atoms with van der Waals surface area (Å²) in [5, 5.41) is 3.08. The van der Waals surface area contributed by atoms with Crippen molar-refractivity contribution in [2.45, 2.75) is 55.9 Å². The van der Waals surface area contributed by atoms with E-state index >= 15 is 0 Å². The number of piperidine rings is 1. The van der Waals surface area contributed by atoms with Crippen LogP contribution in [0.4, 0.5) is 4.39 Å². The maximum Gasteiger partial charge on any atom is 0.246 e. The van der Waals surface area contributed by atoms with E-state index in [4.69, 9.17) is 0 Å². The van der Waals surface area contributed by atoms with Crippen LogP contribution in [0, 0.1) is 11.7 Å². The van der Waals surface area contributed by atoms with E-state index in [1.807, 2.05) is 0 Å². The maximum atomic E-state index is 13.9. The molecule has 1 aromatic rings. The van der Waals surface area contributed by atoms with Crippen molar-refractivity contribution in [3.05, 3.63) is 30.1 Å². The summed E-state index contributed by atoms with van der Waals surface area (Å²) in [7, 11) is -3.91. The Morgan fingerprint density at radius 2 is 1.80 bits per heavy atom. The molecule has 0 radical (unpaired) electrons. The first kappa shape index (κ1) is 18.3. The van der Waals surface area contributed by atoms with Crippen molar-refractivity contribution in [2.24, 2.45) is 5.92 Å². The zero-order valence-electron chi connectivity index (χ0n) is 14.3. The molecule has 0 bridgehead atoms. The van der Waals surface area contributed by atoms with Crippen LogP contribution in [0.5, 0.6) is 0 Å². The number of amides is 1. The zero-order chi connectivity index (χ0) is 17.9. The lowest BCUT2D eigenvalue weighted by Crippen LogP contribution is -2.47. The lowest BCUT2D eigenvalue weighted by atomic mass is 9.93. The molecule has 0 spiro atoms. The van der Waals surface area contributed by atoms with Gasteiger partial charge in [-0.2, -0.15) is 4.31 Å². The second-order valence-corrected chi connectivity index (χ2v) is 8.88. The van der Waals surface area contributed by atoms with Crippen LogP contribution in [0.25, 0.3) is 0 Å². The van der Waals surface area contributed by atoms with Crippen molar-refractivity contribution >= 4 is 15.9 Å². The molecule has 1 heterocycles. The lowest BCUT2D eigenvalue weighted by Gasteiger charge is -2.32. The molecular weight excluding hydrogens is 343 g/mol. The van der Waals surface area contributed by atoms with Crippen LogP contribution in [0.15, 0.2) is 29.2 Å². The lowest BCUT2D eigenvalue weighted by molar-refractivity contribution is -0.127. The molecule has 0 aromatic heterocycles. The molecule has 2 fully saturated rings. The van der Waals surface area contributed by atoms with Crippen LogP contribution in [-0.2, 0) is 14.8 Å². The topological polar surface area (TPSA) is 66.5 Å². The average Bonchev–Trinajstić information content (AvgIpc) is 2.63. The van der Waals surface area contributed by atoms with E-state index in [0.29, 0.717) is 19.4 Å². The van der Waals surface area contributed by atoms with Gasteiger partial charge in [0.25, 0.3) is 0 Å². The molecule has 1 unspecified atom stereocenters. The van der Waals surface area contributed by atoms with Crippen molar-refractivity contribution in [1.82, 2.24) is 9.62 Å². The molecule has 1 aliphatic carbocycles. The zero-order valence-corrected chi connectivity index (χ0v) is 15.1. The third-order valence-corrected chi connectivity index (χ3v) is 7.06. The normalized spacial score (nSPS) is 23.3. The number of hydrogen-bond acceptors (Lipinski definition) is 3. The van der Waals surface area contributed by atoms with Crippen LogP contribution < -0.4 is 5.32 Å². The predicted molar refractivity (Wildman–Crippen MR) is 92.9 cm³/mol. The predicted octanol–water partition coefficient (Wildman–Crippen LogP) is 2.68. The third kappa shape index (κ3) is 4.20. The van der Waals surface area contributed by atoms with Crippen molar-refractivity contribution in [3.63, 3.8) is 0 Å². The van der Waals surface area contributed by atoms with E-state index in [1.165, 1.54) is 28.9 Å². The number of benzene rings is 1. The number of halogens is 1. The van der Waals surface area contributed by atoms with Gasteiger partial charge in [-0.15, -0.1) is 0 Å². The molecule has 1 aliphatic heterocycles. The number of nitrogens with zero attached hydrogens (tertiary/aromatic N) is 1. The summed E-state index contributed by atoms with van der Waals surface area (Å²) < 4.78 is 40.6. The number of carbonyl (C=O) groups excluding carboxylic acids is 1. The quantitative estimate of drug-likeness (QED) is 0.889. The fourth-order valence-electron chi connectivity index (χ4n) is 3.73. The average molecular weight is 368 g/mol. The van der Waals surface area contributed by atoms with Crippen LogP contribution in [-0.4, -0.2) is 37.8 Å². The molecule has 1 aromatic carbocycles. The molecule has 138 valence electrons. The summed E-state index contributed by atoms with van der Waals surface area (Å²) in [6.45, 7) is 0.444. The fraction of sp³-hybridized carbons (Fsp3) is 0.611. The Kier molecular flexibility index (Phi) is 5.74. The second-order valence-electron chi connectivity index (χ2n) is 6.98. The van der Waals surface area contributed by atoms with Crippen LogP contribution in [0.2, 0.25) is 0 Å². The van der Waals surface area contributed by atoms with Crippen molar-refractivity contribution < 1.29 is 17.6 Å². The highest BCUT2D eigenvalue weighted by molar-refractivity contribution is 7.89. The molecule has 1 saturated heterocycles. The molecule has 5 nitrogen and oxygen atoms in total. The Morgan fingerprint density at radius 1 is 1.08 bits per heavy atom. The van der Waals surface area contributed by atoms with Gasteiger partial charge in [-0.1, -0.05) is 31.4 Å². The van der Waals surface area contributed by atoms with Gasteiger partial charge < -0.3 is 5.32 Å². The van der Waals surface area contributed by atoms with Gasteiger partial charge in [0.1, 0.15) is 10.7 Å². The number of hydrogen-bond donors (Lipinski definition) is 1. The third-order valence-electron chi connectivity index (χ3n) is 5.16. The van der Waals surface area contributed by atoms with Gasteiger partial charge in [0.15, 0.2) is 0 Å². The minimum absolute atomic E-state index is 0.0691. The molecular formula is C18H25FN2O3S. The minimum Gasteiger partial charge on any atom is -0.353 e. The Bertz CT molecular complexity index is 717. The fourth-order valence-corrected chi connectivity index (χ4v) is 5.32. The number of nitrogens with one attached hydrogen (secondary N) is 1. The van der Waals surface area contributed by atoms with Gasteiger partial charge in [0, 0.05) is 19.1 Å². The van der Waals surface area contributed by atoms with E-state index in [-0.39, 0.29) is 29.3 Å². The molecule has 1 saturated carbocycles. The van der Waals surface area contributed by atoms with E-state index in [0.717, 1.165) is 31.7 Å². The highest BCUT2D eigenvalue weighted by Crippen LogP contribution is 2.26. The summed E-state index contributed by atoms with van der Waals surface area (Å²) >= 11 is 0. The van der Waals surface area contributed by atoms with Gasteiger partial charge in [0.05, 0.1) is 5.92 Å². The molecule has 1 atom stereocenters. The van der Waals surface area contributed by atoms with Crippen LogP contribution >= 0.6 is 0 Å². The Balaban J connectivity index is 1.68. The maximum absolute atomic E-state index is 13.9. The number of carbonyl (C=O) groups is 1. The molecule has 1 N–H and O–H groups in total. The largest absolute Gasteiger partial charge is 0.353 e. The Labute approximate surface area is 148 Å². The minimum atomic E-state index is -3.91. The van der Waals surface area contributed by atoms with Gasteiger partial charge >= 0.3 is 0 Å². The SMILES string of the molecule is O=C(NC1CCCCC1)C1CCCN(S(=O)(=O)c2ccccc2F)C1. The van der Waals surface area contributed by atoms with E-state index in [1.54, 1.807) is 0 Å². The van der Waals surface area contributed by atoms with E-state index < -0.39 is 15.8 Å². The Morgan fingerprint density at radius 3 is 2.52 bits per heavy atom. The van der Waals surface area contributed by atoms with Crippen molar-refractivity contribution in [3.8, 4) is 0 Å². The van der Waals surface area contributed by atoms with E-state index in [2.05, 4.69) is 5.32 Å². The Hall–Kier alpha value is -1.47. The number of sulfonamides is 1. The molecule has 2 aliphatic rings. The second kappa shape index (κ2) is 7.83. The first-order valence-electron chi connectivity index (χ1n) is 9.03. The summed E-state index contributed by atoms with van der Waals surface area (Å²) in [6.07, 6.45) is 6.74.